The number of nitrogens with one attached hydrogen (secondary N) is 3. The van der Waals surface area contributed by atoms with Crippen molar-refractivity contribution in [1.29, 1.82) is 0 Å². The lowest BCUT2D eigenvalue weighted by Gasteiger charge is -2.19. The summed E-state index contributed by atoms with van der Waals surface area (Å²) in [6.45, 7) is 6.65. The summed E-state index contributed by atoms with van der Waals surface area (Å²) in [5, 5.41) is 5.17. The maximum atomic E-state index is 11.7. The predicted octanol–water partition coefficient (Wildman–Crippen LogP) is 3.55. The van der Waals surface area contributed by atoms with Crippen molar-refractivity contribution in [2.75, 3.05) is 5.32 Å². The molecule has 0 aliphatic rings. The van der Waals surface area contributed by atoms with E-state index in [1.54, 1.807) is 20.8 Å². The Balaban J connectivity index is 1.77. The molecule has 3 amide bonds. The van der Waals surface area contributed by atoms with E-state index in [9.17, 15) is 14.4 Å². The minimum atomic E-state index is -0.792. The van der Waals surface area contributed by atoms with E-state index in [1.165, 1.54) is 18.3 Å². The second kappa shape index (κ2) is 10.6. The number of nitrogens with zero attached hydrogens (tertiary/aromatic N) is 1. The van der Waals surface area contributed by atoms with Crippen molar-refractivity contribution in [2.45, 2.75) is 52.7 Å². The number of carbonyl (C=O) groups excluding carboxylic acids is 3. The standard InChI is InChI=1S/C20H26N4O5S/c1-13(25)21-17-22-16(12-30-17)9-8-14-6-5-7-15(10-14)11-28-18(26)23-24-19(27)29-20(2,3)4/h5-7,10,12H,8-9,11H2,1-4H3,(H,23,26)(H,24,27)(H,21,22,25). The van der Waals surface area contributed by atoms with Gasteiger partial charge in [0.15, 0.2) is 5.13 Å². The molecule has 1 aromatic carbocycles. The van der Waals surface area contributed by atoms with Crippen LogP contribution in [0.4, 0.5) is 14.7 Å². The third-order valence-corrected chi connectivity index (χ3v) is 4.34. The Labute approximate surface area is 179 Å². The maximum absolute atomic E-state index is 11.7. The number of amides is 3. The van der Waals surface area contributed by atoms with Crippen LogP contribution in [0.25, 0.3) is 0 Å². The molecule has 0 unspecified atom stereocenters. The SMILES string of the molecule is CC(=O)Nc1nc(CCc2cccc(COC(=O)NNC(=O)OC(C)(C)C)c2)cs1. The monoisotopic (exact) mass is 434 g/mol. The van der Waals surface area contributed by atoms with Crippen molar-refractivity contribution in [3.05, 3.63) is 46.5 Å². The Hall–Kier alpha value is -3.14. The van der Waals surface area contributed by atoms with Crippen LogP contribution in [0.1, 0.15) is 44.5 Å². The fourth-order valence-electron chi connectivity index (χ4n) is 2.37. The highest BCUT2D eigenvalue weighted by molar-refractivity contribution is 7.13. The van der Waals surface area contributed by atoms with Crippen LogP contribution in [0.3, 0.4) is 0 Å². The van der Waals surface area contributed by atoms with Crippen LogP contribution in [0, 0.1) is 0 Å². The first-order valence-corrected chi connectivity index (χ1v) is 10.2. The molecular formula is C20H26N4O5S. The summed E-state index contributed by atoms with van der Waals surface area (Å²) >= 11 is 1.39. The van der Waals surface area contributed by atoms with Gasteiger partial charge in [0.05, 0.1) is 5.69 Å². The van der Waals surface area contributed by atoms with E-state index >= 15 is 0 Å². The van der Waals surface area contributed by atoms with Crippen molar-refractivity contribution >= 4 is 34.6 Å². The van der Waals surface area contributed by atoms with Crippen LogP contribution in [0.2, 0.25) is 0 Å². The molecule has 0 radical (unpaired) electrons. The number of hydrogen-bond acceptors (Lipinski definition) is 7. The molecule has 1 aromatic heterocycles. The smallest absolute Gasteiger partial charge is 0.426 e. The fourth-order valence-corrected chi connectivity index (χ4v) is 3.16. The van der Waals surface area contributed by atoms with Crippen LogP contribution in [0.15, 0.2) is 29.6 Å². The summed E-state index contributed by atoms with van der Waals surface area (Å²) in [6, 6.07) is 7.65. The van der Waals surface area contributed by atoms with Gasteiger partial charge in [-0.25, -0.2) is 25.4 Å². The molecule has 9 nitrogen and oxygen atoms in total. The van der Waals surface area contributed by atoms with E-state index in [-0.39, 0.29) is 12.5 Å². The second-order valence-corrected chi connectivity index (χ2v) is 8.33. The first-order valence-electron chi connectivity index (χ1n) is 9.32. The Morgan fingerprint density at radius 2 is 1.77 bits per heavy atom. The number of anilines is 1. The van der Waals surface area contributed by atoms with Crippen LogP contribution >= 0.6 is 11.3 Å². The lowest BCUT2D eigenvalue weighted by Crippen LogP contribution is -2.44. The minimum Gasteiger partial charge on any atom is -0.443 e. The number of hydrogen-bond donors (Lipinski definition) is 3. The van der Waals surface area contributed by atoms with Gasteiger partial charge in [0, 0.05) is 12.3 Å². The van der Waals surface area contributed by atoms with E-state index in [0.717, 1.165) is 29.7 Å². The third-order valence-electron chi connectivity index (χ3n) is 3.53. The molecule has 0 spiro atoms. The summed E-state index contributed by atoms with van der Waals surface area (Å²) < 4.78 is 10.1. The predicted molar refractivity (Wildman–Crippen MR) is 113 cm³/mol. The molecule has 2 rings (SSSR count). The van der Waals surface area contributed by atoms with Gasteiger partial charge in [0.2, 0.25) is 5.91 Å². The van der Waals surface area contributed by atoms with Gasteiger partial charge in [0.1, 0.15) is 12.2 Å². The average Bonchev–Trinajstić information content (AvgIpc) is 3.08. The number of rotatable bonds is 6. The van der Waals surface area contributed by atoms with Crippen molar-refractivity contribution in [3.63, 3.8) is 0 Å². The highest BCUT2D eigenvalue weighted by atomic mass is 32.1. The molecule has 0 atom stereocenters. The molecule has 3 N–H and O–H groups in total. The zero-order chi connectivity index (χ0) is 22.1. The summed E-state index contributed by atoms with van der Waals surface area (Å²) in [5.41, 5.74) is 6.37. The highest BCUT2D eigenvalue weighted by Crippen LogP contribution is 2.17. The zero-order valence-corrected chi connectivity index (χ0v) is 18.2. The Kier molecular flexibility index (Phi) is 8.16. The molecule has 0 aliphatic heterocycles. The molecule has 10 heteroatoms. The van der Waals surface area contributed by atoms with Gasteiger partial charge in [-0.15, -0.1) is 11.3 Å². The summed E-state index contributed by atoms with van der Waals surface area (Å²) in [5.74, 6) is -0.145. The average molecular weight is 435 g/mol. The van der Waals surface area contributed by atoms with Crippen LogP contribution < -0.4 is 16.2 Å². The lowest BCUT2D eigenvalue weighted by molar-refractivity contribution is -0.114. The van der Waals surface area contributed by atoms with Gasteiger partial charge in [0.25, 0.3) is 0 Å². The van der Waals surface area contributed by atoms with Crippen molar-refractivity contribution in [2.24, 2.45) is 0 Å². The molecule has 1 heterocycles. The lowest BCUT2D eigenvalue weighted by atomic mass is 10.1. The number of ether oxygens (including phenoxy) is 2. The van der Waals surface area contributed by atoms with Gasteiger partial charge in [-0.2, -0.15) is 0 Å². The third kappa shape index (κ3) is 8.91. The van der Waals surface area contributed by atoms with Gasteiger partial charge >= 0.3 is 12.2 Å². The largest absolute Gasteiger partial charge is 0.443 e. The highest BCUT2D eigenvalue weighted by Gasteiger charge is 2.16. The number of hydrazine groups is 1. The number of carbonyl (C=O) groups is 3. The number of aryl methyl sites for hydroxylation is 2. The molecule has 0 bridgehead atoms. The van der Waals surface area contributed by atoms with Crippen LogP contribution in [-0.4, -0.2) is 28.7 Å². The first-order chi connectivity index (χ1) is 14.1. The second-order valence-electron chi connectivity index (χ2n) is 7.47. The number of thiazole rings is 1. The molecule has 162 valence electrons. The molecule has 0 aliphatic carbocycles. The molecule has 2 aromatic rings. The quantitative estimate of drug-likeness (QED) is 0.598. The van der Waals surface area contributed by atoms with E-state index in [0.29, 0.717) is 5.13 Å². The summed E-state index contributed by atoms with van der Waals surface area (Å²) in [4.78, 5) is 38.7. The summed E-state index contributed by atoms with van der Waals surface area (Å²) in [6.07, 6.45) is -0.0890. The normalized spacial score (nSPS) is 10.8. The summed E-state index contributed by atoms with van der Waals surface area (Å²) in [7, 11) is 0. The van der Waals surface area contributed by atoms with E-state index in [2.05, 4.69) is 21.2 Å². The molecule has 0 saturated carbocycles. The van der Waals surface area contributed by atoms with E-state index in [1.807, 2.05) is 29.6 Å². The molecule has 30 heavy (non-hydrogen) atoms. The van der Waals surface area contributed by atoms with Crippen LogP contribution in [-0.2, 0) is 33.7 Å². The Morgan fingerprint density at radius 3 is 2.47 bits per heavy atom. The van der Waals surface area contributed by atoms with Crippen LogP contribution in [0.5, 0.6) is 0 Å². The zero-order valence-electron chi connectivity index (χ0n) is 17.4. The van der Waals surface area contributed by atoms with Crippen molar-refractivity contribution in [3.8, 4) is 0 Å². The molecule has 0 fully saturated rings. The van der Waals surface area contributed by atoms with E-state index < -0.39 is 17.8 Å². The van der Waals surface area contributed by atoms with E-state index in [4.69, 9.17) is 9.47 Å². The van der Waals surface area contributed by atoms with Gasteiger partial charge in [-0.05, 0) is 44.7 Å². The first kappa shape index (κ1) is 23.1. The number of benzene rings is 1. The van der Waals surface area contributed by atoms with Gasteiger partial charge in [-0.3, -0.25) is 4.79 Å². The maximum Gasteiger partial charge on any atom is 0.426 e. The fraction of sp³-hybridized carbons (Fsp3) is 0.400. The molecule has 0 saturated heterocycles. The van der Waals surface area contributed by atoms with Gasteiger partial charge in [-0.1, -0.05) is 24.3 Å². The Bertz CT molecular complexity index is 891. The topological polar surface area (TPSA) is 119 Å². The molecular weight excluding hydrogens is 408 g/mol. The number of aromatic nitrogens is 1. The minimum absolute atomic E-state index is 0.0546. The van der Waals surface area contributed by atoms with Crippen molar-refractivity contribution in [1.82, 2.24) is 15.8 Å². The van der Waals surface area contributed by atoms with Crippen molar-refractivity contribution < 1.29 is 23.9 Å². The Morgan fingerprint density at radius 1 is 1.07 bits per heavy atom. The van der Waals surface area contributed by atoms with Gasteiger partial charge < -0.3 is 14.8 Å².